The molecule has 2 saturated heterocycles. The summed E-state index contributed by atoms with van der Waals surface area (Å²) in [6, 6.07) is 9.40. The van der Waals surface area contributed by atoms with Gasteiger partial charge in [-0.1, -0.05) is 30.0 Å². The third kappa shape index (κ3) is 4.47. The number of nitrogens with one attached hydrogen (secondary N) is 1. The van der Waals surface area contributed by atoms with Crippen molar-refractivity contribution in [2.45, 2.75) is 30.2 Å². The van der Waals surface area contributed by atoms with Crippen molar-refractivity contribution in [1.82, 2.24) is 5.32 Å². The molecule has 1 aromatic carbocycles. The van der Waals surface area contributed by atoms with E-state index < -0.39 is 9.84 Å². The van der Waals surface area contributed by atoms with Crippen LogP contribution in [0, 0.1) is 0 Å². The summed E-state index contributed by atoms with van der Waals surface area (Å²) in [6.45, 7) is 1.43. The number of carbonyl (C=O) groups excluding carboxylic acids is 1. The average Bonchev–Trinajstić information content (AvgIpc) is 3.33. The third-order valence-electron chi connectivity index (χ3n) is 4.96. The monoisotopic (exact) mass is 409 g/mol. The molecule has 0 aromatic heterocycles. The number of amidine groups is 1. The second-order valence-corrected chi connectivity index (χ2v) is 10.4. The molecular formula is C18H23N3O4S2. The second-order valence-electron chi connectivity index (χ2n) is 7.07. The van der Waals surface area contributed by atoms with Crippen LogP contribution in [0.2, 0.25) is 0 Å². The first-order chi connectivity index (χ1) is 13.0. The predicted octanol–water partition coefficient (Wildman–Crippen LogP) is 1.06. The van der Waals surface area contributed by atoms with Crippen molar-refractivity contribution >= 4 is 38.4 Å². The van der Waals surface area contributed by atoms with Crippen LogP contribution in [0.4, 0.5) is 5.69 Å². The van der Waals surface area contributed by atoms with E-state index in [1.807, 2.05) is 35.2 Å². The van der Waals surface area contributed by atoms with Crippen LogP contribution in [-0.2, 0) is 19.4 Å². The molecule has 3 aliphatic rings. The van der Waals surface area contributed by atoms with Crippen molar-refractivity contribution in [2.75, 3.05) is 36.1 Å². The number of nitrogens with zero attached hydrogens (tertiary/aromatic N) is 2. The molecule has 1 amide bonds. The SMILES string of the molecule is O=C(CN(C1=N[C@@H]2CS(=O)(=O)C[C@@H]2S1)c1ccccc1)NC[C@@H]1CCCO1. The van der Waals surface area contributed by atoms with E-state index >= 15 is 0 Å². The van der Waals surface area contributed by atoms with Gasteiger partial charge < -0.3 is 15.0 Å². The Morgan fingerprint density at radius 1 is 1.30 bits per heavy atom. The Hall–Kier alpha value is -1.58. The van der Waals surface area contributed by atoms with E-state index in [-0.39, 0.29) is 41.4 Å². The molecular weight excluding hydrogens is 386 g/mol. The molecule has 0 saturated carbocycles. The number of hydrogen-bond donors (Lipinski definition) is 1. The number of carbonyl (C=O) groups is 1. The van der Waals surface area contributed by atoms with Crippen molar-refractivity contribution in [2.24, 2.45) is 4.99 Å². The molecule has 0 spiro atoms. The summed E-state index contributed by atoms with van der Waals surface area (Å²) in [5, 5.41) is 3.62. The van der Waals surface area contributed by atoms with Gasteiger partial charge in [-0.15, -0.1) is 0 Å². The minimum Gasteiger partial charge on any atom is -0.376 e. The highest BCUT2D eigenvalue weighted by Gasteiger charge is 2.44. The Balaban J connectivity index is 1.46. The maximum absolute atomic E-state index is 12.5. The molecule has 1 aromatic rings. The summed E-state index contributed by atoms with van der Waals surface area (Å²) in [4.78, 5) is 19.0. The highest BCUT2D eigenvalue weighted by Crippen LogP contribution is 2.36. The van der Waals surface area contributed by atoms with E-state index in [0.29, 0.717) is 6.54 Å². The lowest BCUT2D eigenvalue weighted by Crippen LogP contribution is -2.42. The number of anilines is 1. The van der Waals surface area contributed by atoms with E-state index in [4.69, 9.17) is 4.74 Å². The number of rotatable bonds is 5. The number of ether oxygens (including phenoxy) is 1. The van der Waals surface area contributed by atoms with Crippen LogP contribution in [0.1, 0.15) is 12.8 Å². The van der Waals surface area contributed by atoms with Gasteiger partial charge in [-0.05, 0) is 25.0 Å². The number of thioether (sulfide) groups is 1. The first-order valence-electron chi connectivity index (χ1n) is 9.16. The summed E-state index contributed by atoms with van der Waals surface area (Å²) in [5.74, 6) is 0.160. The zero-order chi connectivity index (χ0) is 18.9. The maximum Gasteiger partial charge on any atom is 0.240 e. The van der Waals surface area contributed by atoms with Gasteiger partial charge in [0.15, 0.2) is 15.0 Å². The van der Waals surface area contributed by atoms with Gasteiger partial charge in [0.25, 0.3) is 0 Å². The molecule has 1 N–H and O–H groups in total. The molecule has 3 atom stereocenters. The van der Waals surface area contributed by atoms with Gasteiger partial charge >= 0.3 is 0 Å². The van der Waals surface area contributed by atoms with Gasteiger partial charge in [0.2, 0.25) is 5.91 Å². The van der Waals surface area contributed by atoms with Gasteiger partial charge in [0.05, 0.1) is 23.7 Å². The van der Waals surface area contributed by atoms with E-state index in [0.717, 1.165) is 30.3 Å². The molecule has 9 heteroatoms. The number of para-hydroxylation sites is 1. The third-order valence-corrected chi connectivity index (χ3v) is 8.20. The molecule has 0 bridgehead atoms. The lowest BCUT2D eigenvalue weighted by atomic mass is 10.2. The summed E-state index contributed by atoms with van der Waals surface area (Å²) in [6.07, 6.45) is 2.11. The fourth-order valence-electron chi connectivity index (χ4n) is 3.58. The van der Waals surface area contributed by atoms with E-state index in [1.54, 1.807) is 0 Å². The highest BCUT2D eigenvalue weighted by atomic mass is 32.2. The predicted molar refractivity (Wildman–Crippen MR) is 107 cm³/mol. The van der Waals surface area contributed by atoms with Crippen molar-refractivity contribution in [3.05, 3.63) is 30.3 Å². The smallest absolute Gasteiger partial charge is 0.240 e. The highest BCUT2D eigenvalue weighted by molar-refractivity contribution is 8.15. The quantitative estimate of drug-likeness (QED) is 0.782. The molecule has 2 fully saturated rings. The van der Waals surface area contributed by atoms with Crippen molar-refractivity contribution in [3.8, 4) is 0 Å². The summed E-state index contributed by atoms with van der Waals surface area (Å²) in [7, 11) is -3.00. The minimum atomic E-state index is -3.00. The largest absolute Gasteiger partial charge is 0.376 e. The van der Waals surface area contributed by atoms with Gasteiger partial charge in [-0.3, -0.25) is 9.79 Å². The topological polar surface area (TPSA) is 88.1 Å². The zero-order valence-corrected chi connectivity index (χ0v) is 16.5. The first-order valence-corrected chi connectivity index (χ1v) is 11.9. The maximum atomic E-state index is 12.5. The Morgan fingerprint density at radius 3 is 2.81 bits per heavy atom. The number of aliphatic imine (C=N–C) groups is 1. The fourth-order valence-corrected chi connectivity index (χ4v) is 7.36. The molecule has 3 aliphatic heterocycles. The van der Waals surface area contributed by atoms with Gasteiger partial charge in [0, 0.05) is 24.1 Å². The van der Waals surface area contributed by atoms with Gasteiger partial charge in [-0.2, -0.15) is 0 Å². The molecule has 3 heterocycles. The number of hydrogen-bond acceptors (Lipinski definition) is 7. The van der Waals surface area contributed by atoms with Gasteiger partial charge in [-0.25, -0.2) is 8.42 Å². The van der Waals surface area contributed by atoms with Crippen LogP contribution < -0.4 is 10.2 Å². The zero-order valence-electron chi connectivity index (χ0n) is 14.9. The molecule has 0 aliphatic carbocycles. The summed E-state index contributed by atoms with van der Waals surface area (Å²) >= 11 is 1.46. The Labute approximate surface area is 163 Å². The van der Waals surface area contributed by atoms with Crippen LogP contribution in [0.25, 0.3) is 0 Å². The number of benzene rings is 1. The van der Waals surface area contributed by atoms with E-state index in [9.17, 15) is 13.2 Å². The van der Waals surface area contributed by atoms with Crippen LogP contribution in [-0.4, -0.2) is 68.1 Å². The standard InChI is InChI=1S/C18H23N3O4S2/c22-17(19-9-14-7-4-8-25-14)10-21(13-5-2-1-3-6-13)18-20-15-11-27(23,24)12-16(15)26-18/h1-3,5-6,14-16H,4,7-12H2,(H,19,22)/t14-,15+,16-/m0/s1. The number of amides is 1. The minimum absolute atomic E-state index is 0.0498. The van der Waals surface area contributed by atoms with Crippen molar-refractivity contribution in [1.29, 1.82) is 0 Å². The van der Waals surface area contributed by atoms with Crippen LogP contribution in [0.15, 0.2) is 35.3 Å². The normalized spacial score (nSPS) is 28.6. The van der Waals surface area contributed by atoms with Crippen LogP contribution in [0.3, 0.4) is 0 Å². The lowest BCUT2D eigenvalue weighted by molar-refractivity contribution is -0.120. The number of fused-ring (bicyclic) bond motifs is 1. The molecule has 7 nitrogen and oxygen atoms in total. The number of sulfone groups is 1. The lowest BCUT2D eigenvalue weighted by Gasteiger charge is -2.24. The molecule has 146 valence electrons. The summed E-state index contributed by atoms with van der Waals surface area (Å²) < 4.78 is 29.2. The van der Waals surface area contributed by atoms with Crippen LogP contribution >= 0.6 is 11.8 Å². The summed E-state index contributed by atoms with van der Waals surface area (Å²) in [5.41, 5.74) is 0.874. The first kappa shape index (κ1) is 18.8. The van der Waals surface area contributed by atoms with Crippen molar-refractivity contribution in [3.63, 3.8) is 0 Å². The van der Waals surface area contributed by atoms with Gasteiger partial charge in [0.1, 0.15) is 6.54 Å². The second kappa shape index (κ2) is 7.81. The Kier molecular flexibility index (Phi) is 5.43. The Bertz CT molecular complexity index is 822. The molecule has 0 unspecified atom stereocenters. The molecule has 0 radical (unpaired) electrons. The van der Waals surface area contributed by atoms with Crippen molar-refractivity contribution < 1.29 is 17.9 Å². The fraction of sp³-hybridized carbons (Fsp3) is 0.556. The van der Waals surface area contributed by atoms with Crippen LogP contribution in [0.5, 0.6) is 0 Å². The van der Waals surface area contributed by atoms with E-state index in [2.05, 4.69) is 10.3 Å². The molecule has 27 heavy (non-hydrogen) atoms. The van der Waals surface area contributed by atoms with E-state index in [1.165, 1.54) is 11.8 Å². The molecule has 4 rings (SSSR count). The average molecular weight is 410 g/mol. The Morgan fingerprint density at radius 2 is 2.11 bits per heavy atom.